The summed E-state index contributed by atoms with van der Waals surface area (Å²) in [6.45, 7) is 10.2. The summed E-state index contributed by atoms with van der Waals surface area (Å²) in [6.07, 6.45) is 3.77. The molecule has 2 heteroatoms. The molecule has 1 unspecified atom stereocenters. The molecule has 0 saturated carbocycles. The lowest BCUT2D eigenvalue weighted by Gasteiger charge is -2.37. The van der Waals surface area contributed by atoms with Crippen molar-refractivity contribution in [2.24, 2.45) is 11.3 Å². The standard InChI is InChI=1S/C10H24OSi/c1-5-9(4)10(6-2,7-3)8-11-12/h9H,5-8H2,1-4,12H3. The fourth-order valence-electron chi connectivity index (χ4n) is 2.01. The van der Waals surface area contributed by atoms with Crippen molar-refractivity contribution in [1.29, 1.82) is 0 Å². The van der Waals surface area contributed by atoms with E-state index in [1.54, 1.807) is 0 Å². The Morgan fingerprint density at radius 3 is 2.00 bits per heavy atom. The van der Waals surface area contributed by atoms with Gasteiger partial charge in [0.05, 0.1) is 0 Å². The molecule has 0 fully saturated rings. The van der Waals surface area contributed by atoms with Gasteiger partial charge < -0.3 is 4.43 Å². The monoisotopic (exact) mass is 188 g/mol. The van der Waals surface area contributed by atoms with Gasteiger partial charge in [-0.25, -0.2) is 0 Å². The van der Waals surface area contributed by atoms with Crippen LogP contribution in [0.15, 0.2) is 0 Å². The molecule has 1 nitrogen and oxygen atoms in total. The lowest BCUT2D eigenvalue weighted by molar-refractivity contribution is 0.0762. The molecule has 0 bridgehead atoms. The fraction of sp³-hybridized carbons (Fsp3) is 1.00. The van der Waals surface area contributed by atoms with Gasteiger partial charge in [0.2, 0.25) is 0 Å². The van der Waals surface area contributed by atoms with Crippen LogP contribution in [0.2, 0.25) is 0 Å². The molecular formula is C10H24OSi. The van der Waals surface area contributed by atoms with Crippen molar-refractivity contribution in [2.45, 2.75) is 47.0 Å². The summed E-state index contributed by atoms with van der Waals surface area (Å²) in [6, 6.07) is 0. The molecule has 12 heavy (non-hydrogen) atoms. The van der Waals surface area contributed by atoms with Crippen molar-refractivity contribution in [2.75, 3.05) is 6.61 Å². The Bertz CT molecular complexity index is 110. The van der Waals surface area contributed by atoms with E-state index >= 15 is 0 Å². The van der Waals surface area contributed by atoms with Crippen LogP contribution < -0.4 is 0 Å². The van der Waals surface area contributed by atoms with Crippen LogP contribution in [-0.2, 0) is 4.43 Å². The van der Waals surface area contributed by atoms with Gasteiger partial charge in [-0.05, 0) is 24.2 Å². The lowest BCUT2D eigenvalue weighted by atomic mass is 9.72. The van der Waals surface area contributed by atoms with Crippen LogP contribution in [0.5, 0.6) is 0 Å². The molecule has 0 aliphatic carbocycles. The minimum atomic E-state index is 0.455. The van der Waals surface area contributed by atoms with Gasteiger partial charge in [-0.2, -0.15) is 0 Å². The van der Waals surface area contributed by atoms with Gasteiger partial charge in [-0.1, -0.05) is 34.1 Å². The first kappa shape index (κ1) is 12.2. The highest BCUT2D eigenvalue weighted by Crippen LogP contribution is 2.37. The van der Waals surface area contributed by atoms with Crippen molar-refractivity contribution >= 4 is 10.5 Å². The topological polar surface area (TPSA) is 9.23 Å². The Balaban J connectivity index is 4.33. The molecule has 0 aromatic carbocycles. The molecule has 0 aromatic rings. The quantitative estimate of drug-likeness (QED) is 0.580. The zero-order valence-electron chi connectivity index (χ0n) is 9.31. The molecule has 0 N–H and O–H groups in total. The highest BCUT2D eigenvalue weighted by Gasteiger charge is 2.31. The van der Waals surface area contributed by atoms with Crippen molar-refractivity contribution in [3.05, 3.63) is 0 Å². The maximum atomic E-state index is 5.45. The van der Waals surface area contributed by atoms with Gasteiger partial charge in [-0.3, -0.25) is 0 Å². The SMILES string of the molecule is CCC(C)C(CC)(CC)CO[SiH3]. The minimum Gasteiger partial charge on any atom is -0.427 e. The molecule has 0 aromatic heterocycles. The first-order valence-electron chi connectivity index (χ1n) is 5.15. The summed E-state index contributed by atoms with van der Waals surface area (Å²) < 4.78 is 5.45. The van der Waals surface area contributed by atoms with Crippen molar-refractivity contribution in [3.8, 4) is 0 Å². The summed E-state index contributed by atoms with van der Waals surface area (Å²) in [5.74, 6) is 0.793. The van der Waals surface area contributed by atoms with Crippen molar-refractivity contribution in [1.82, 2.24) is 0 Å². The van der Waals surface area contributed by atoms with E-state index in [9.17, 15) is 0 Å². The van der Waals surface area contributed by atoms with Crippen LogP contribution in [0, 0.1) is 11.3 Å². The van der Waals surface area contributed by atoms with E-state index in [0.29, 0.717) is 5.41 Å². The van der Waals surface area contributed by atoms with E-state index in [1.165, 1.54) is 19.3 Å². The highest BCUT2D eigenvalue weighted by atomic mass is 28.2. The van der Waals surface area contributed by atoms with Gasteiger partial charge in [-0.15, -0.1) is 0 Å². The van der Waals surface area contributed by atoms with E-state index < -0.39 is 0 Å². The second-order valence-electron chi connectivity index (χ2n) is 3.81. The average molecular weight is 188 g/mol. The normalized spacial score (nSPS) is 15.0. The summed E-state index contributed by atoms with van der Waals surface area (Å²) in [4.78, 5) is 0. The third-order valence-corrected chi connectivity index (χ3v) is 3.79. The third-order valence-electron chi connectivity index (χ3n) is 3.50. The van der Waals surface area contributed by atoms with Crippen LogP contribution >= 0.6 is 0 Å². The lowest BCUT2D eigenvalue weighted by Crippen LogP contribution is -2.32. The molecular weight excluding hydrogens is 164 g/mol. The van der Waals surface area contributed by atoms with Gasteiger partial charge >= 0.3 is 0 Å². The predicted molar refractivity (Wildman–Crippen MR) is 58.4 cm³/mol. The zero-order chi connectivity index (χ0) is 9.61. The van der Waals surface area contributed by atoms with Gasteiger partial charge in [0, 0.05) is 6.61 Å². The first-order chi connectivity index (χ1) is 5.66. The van der Waals surface area contributed by atoms with Crippen LogP contribution in [-0.4, -0.2) is 17.1 Å². The second kappa shape index (κ2) is 5.76. The molecule has 0 aliphatic heterocycles. The van der Waals surface area contributed by atoms with E-state index in [0.717, 1.165) is 23.0 Å². The number of hydrogen-bond acceptors (Lipinski definition) is 1. The summed E-state index contributed by atoms with van der Waals surface area (Å²) in [5.41, 5.74) is 0.455. The van der Waals surface area contributed by atoms with E-state index in [2.05, 4.69) is 27.7 Å². The Morgan fingerprint density at radius 1 is 1.25 bits per heavy atom. The molecule has 0 radical (unpaired) electrons. The summed E-state index contributed by atoms with van der Waals surface area (Å²) >= 11 is 0. The van der Waals surface area contributed by atoms with Gasteiger partial charge in [0.1, 0.15) is 10.5 Å². The van der Waals surface area contributed by atoms with E-state index in [1.807, 2.05) is 0 Å². The maximum Gasteiger partial charge on any atom is 0.145 e. The maximum absolute atomic E-state index is 5.45. The van der Waals surface area contributed by atoms with Crippen molar-refractivity contribution in [3.63, 3.8) is 0 Å². The van der Waals surface area contributed by atoms with Crippen LogP contribution in [0.1, 0.15) is 47.0 Å². The van der Waals surface area contributed by atoms with Crippen LogP contribution in [0.3, 0.4) is 0 Å². The summed E-state index contributed by atoms with van der Waals surface area (Å²) in [7, 11) is 0.877. The van der Waals surface area contributed by atoms with Crippen LogP contribution in [0.25, 0.3) is 0 Å². The van der Waals surface area contributed by atoms with Gasteiger partial charge in [0.25, 0.3) is 0 Å². The number of rotatable bonds is 6. The molecule has 0 spiro atoms. The Hall–Kier alpha value is 0.177. The molecule has 0 aliphatic rings. The van der Waals surface area contributed by atoms with E-state index in [4.69, 9.17) is 4.43 Å². The second-order valence-corrected chi connectivity index (χ2v) is 4.39. The minimum absolute atomic E-state index is 0.455. The summed E-state index contributed by atoms with van der Waals surface area (Å²) in [5, 5.41) is 0. The smallest absolute Gasteiger partial charge is 0.145 e. The first-order valence-corrected chi connectivity index (χ1v) is 5.97. The molecule has 1 atom stereocenters. The largest absolute Gasteiger partial charge is 0.427 e. The van der Waals surface area contributed by atoms with Gasteiger partial charge in [0.15, 0.2) is 0 Å². The third kappa shape index (κ3) is 2.59. The Kier molecular flexibility index (Phi) is 5.84. The molecule has 0 amide bonds. The van der Waals surface area contributed by atoms with Crippen LogP contribution in [0.4, 0.5) is 0 Å². The van der Waals surface area contributed by atoms with Crippen molar-refractivity contribution < 1.29 is 4.43 Å². The predicted octanol–water partition coefficient (Wildman–Crippen LogP) is 2.14. The molecule has 0 rings (SSSR count). The molecule has 0 saturated heterocycles. The van der Waals surface area contributed by atoms with E-state index in [-0.39, 0.29) is 0 Å². The molecule has 0 heterocycles. The molecule has 74 valence electrons. The Morgan fingerprint density at radius 2 is 1.75 bits per heavy atom. The highest BCUT2D eigenvalue weighted by molar-refractivity contribution is 5.97. The zero-order valence-corrected chi connectivity index (χ0v) is 11.3. The average Bonchev–Trinajstić information content (AvgIpc) is 2.13. The fourth-order valence-corrected chi connectivity index (χ4v) is 2.59. The Labute approximate surface area is 80.4 Å². The number of hydrogen-bond donors (Lipinski definition) is 0.